The van der Waals surface area contributed by atoms with E-state index < -0.39 is 0 Å². The highest BCUT2D eigenvalue weighted by molar-refractivity contribution is 5.32. The highest BCUT2D eigenvalue weighted by atomic mass is 15.1. The maximum absolute atomic E-state index is 3.46. The summed E-state index contributed by atoms with van der Waals surface area (Å²) in [4.78, 5) is 2.65. The third kappa shape index (κ3) is 3.83. The van der Waals surface area contributed by atoms with Crippen LogP contribution in [0.4, 0.5) is 0 Å². The number of nitrogens with zero attached hydrogens (tertiary/aromatic N) is 1. The minimum atomic E-state index is 0.524. The van der Waals surface area contributed by atoms with E-state index in [-0.39, 0.29) is 0 Å². The Kier molecular flexibility index (Phi) is 5.62. The molecule has 20 heavy (non-hydrogen) atoms. The van der Waals surface area contributed by atoms with Crippen molar-refractivity contribution in [2.75, 3.05) is 26.2 Å². The number of aryl methyl sites for hydroxylation is 2. The lowest BCUT2D eigenvalue weighted by Crippen LogP contribution is -2.37. The zero-order chi connectivity index (χ0) is 14.5. The van der Waals surface area contributed by atoms with Gasteiger partial charge in [0.1, 0.15) is 0 Å². The molecule has 2 heteroatoms. The van der Waals surface area contributed by atoms with Gasteiger partial charge in [-0.25, -0.2) is 0 Å². The van der Waals surface area contributed by atoms with Crippen molar-refractivity contribution in [3.63, 3.8) is 0 Å². The number of hydrogen-bond donors (Lipinski definition) is 1. The molecule has 1 heterocycles. The first kappa shape index (κ1) is 15.5. The maximum Gasteiger partial charge on any atom is 0.0322 e. The molecule has 112 valence electrons. The van der Waals surface area contributed by atoms with Gasteiger partial charge in [-0.05, 0) is 70.3 Å². The third-order valence-electron chi connectivity index (χ3n) is 4.78. The quantitative estimate of drug-likeness (QED) is 0.881. The average Bonchev–Trinajstić information content (AvgIpc) is 2.45. The normalized spacial score (nSPS) is 18.4. The Morgan fingerprint density at radius 3 is 2.55 bits per heavy atom. The minimum Gasteiger partial charge on any atom is -0.317 e. The van der Waals surface area contributed by atoms with Crippen molar-refractivity contribution in [2.24, 2.45) is 5.92 Å². The Labute approximate surface area is 124 Å². The molecule has 1 N–H and O–H groups in total. The lowest BCUT2D eigenvalue weighted by molar-refractivity contribution is 0.168. The van der Waals surface area contributed by atoms with E-state index in [2.05, 4.69) is 56.1 Å². The first-order chi connectivity index (χ1) is 9.61. The second-order valence-electron chi connectivity index (χ2n) is 6.32. The van der Waals surface area contributed by atoms with Crippen LogP contribution in [0.3, 0.4) is 0 Å². The van der Waals surface area contributed by atoms with E-state index in [0.29, 0.717) is 6.04 Å². The van der Waals surface area contributed by atoms with Crippen LogP contribution in [-0.4, -0.2) is 31.1 Å². The molecule has 0 aliphatic carbocycles. The summed E-state index contributed by atoms with van der Waals surface area (Å²) < 4.78 is 0. The number of piperidine rings is 1. The molecular weight excluding hydrogens is 244 g/mol. The van der Waals surface area contributed by atoms with E-state index >= 15 is 0 Å². The van der Waals surface area contributed by atoms with Gasteiger partial charge in [0.2, 0.25) is 0 Å². The summed E-state index contributed by atoms with van der Waals surface area (Å²) in [6, 6.07) is 7.40. The topological polar surface area (TPSA) is 15.3 Å². The lowest BCUT2D eigenvalue weighted by Gasteiger charge is -2.34. The standard InChI is InChI=1S/C18H30N2/c1-5-20(13-17-8-10-19-11-9-17)16(4)18-7-6-14(2)12-15(18)3/h6-7,12,16-17,19H,5,8-11,13H2,1-4H3. The second kappa shape index (κ2) is 7.24. The van der Waals surface area contributed by atoms with E-state index in [1.165, 1.54) is 49.2 Å². The third-order valence-corrected chi connectivity index (χ3v) is 4.78. The molecule has 0 radical (unpaired) electrons. The molecule has 0 saturated carbocycles. The van der Waals surface area contributed by atoms with Crippen LogP contribution in [0.1, 0.15) is 49.4 Å². The fourth-order valence-electron chi connectivity index (χ4n) is 3.45. The smallest absolute Gasteiger partial charge is 0.0322 e. The number of rotatable bonds is 5. The zero-order valence-electron chi connectivity index (χ0n) is 13.6. The van der Waals surface area contributed by atoms with Crippen molar-refractivity contribution in [1.29, 1.82) is 0 Å². The van der Waals surface area contributed by atoms with E-state index in [1.807, 2.05) is 0 Å². The molecule has 1 aliphatic heterocycles. The summed E-state index contributed by atoms with van der Waals surface area (Å²) in [6.45, 7) is 13.8. The minimum absolute atomic E-state index is 0.524. The van der Waals surface area contributed by atoms with Crippen LogP contribution in [0.2, 0.25) is 0 Å². The molecular formula is C18H30N2. The molecule has 0 aromatic heterocycles. The van der Waals surface area contributed by atoms with Gasteiger partial charge in [-0.1, -0.05) is 30.7 Å². The Bertz CT molecular complexity index is 421. The van der Waals surface area contributed by atoms with Crippen molar-refractivity contribution in [1.82, 2.24) is 10.2 Å². The van der Waals surface area contributed by atoms with E-state index in [9.17, 15) is 0 Å². The fourth-order valence-corrected chi connectivity index (χ4v) is 3.45. The molecule has 1 saturated heterocycles. The van der Waals surface area contributed by atoms with Crippen LogP contribution in [0.5, 0.6) is 0 Å². The van der Waals surface area contributed by atoms with Crippen molar-refractivity contribution in [3.05, 3.63) is 34.9 Å². The van der Waals surface area contributed by atoms with Crippen LogP contribution >= 0.6 is 0 Å². The van der Waals surface area contributed by atoms with Crippen LogP contribution < -0.4 is 5.32 Å². The largest absolute Gasteiger partial charge is 0.317 e. The number of hydrogen-bond acceptors (Lipinski definition) is 2. The zero-order valence-corrected chi connectivity index (χ0v) is 13.6. The van der Waals surface area contributed by atoms with Gasteiger partial charge in [-0.3, -0.25) is 4.90 Å². The SMILES string of the molecule is CCN(CC1CCNCC1)C(C)c1ccc(C)cc1C. The molecule has 1 atom stereocenters. The predicted molar refractivity (Wildman–Crippen MR) is 87.2 cm³/mol. The molecule has 1 aromatic carbocycles. The Balaban J connectivity index is 2.05. The number of benzene rings is 1. The second-order valence-corrected chi connectivity index (χ2v) is 6.32. The Hall–Kier alpha value is -0.860. The molecule has 1 aromatic rings. The summed E-state index contributed by atoms with van der Waals surface area (Å²) >= 11 is 0. The van der Waals surface area contributed by atoms with E-state index in [1.54, 1.807) is 0 Å². The van der Waals surface area contributed by atoms with Gasteiger partial charge >= 0.3 is 0 Å². The van der Waals surface area contributed by atoms with Gasteiger partial charge in [0.25, 0.3) is 0 Å². The Morgan fingerprint density at radius 1 is 1.25 bits per heavy atom. The molecule has 2 rings (SSSR count). The van der Waals surface area contributed by atoms with Gasteiger partial charge in [0, 0.05) is 12.6 Å². The monoisotopic (exact) mass is 274 g/mol. The molecule has 1 fully saturated rings. The van der Waals surface area contributed by atoms with Gasteiger partial charge in [-0.15, -0.1) is 0 Å². The van der Waals surface area contributed by atoms with Gasteiger partial charge in [0.05, 0.1) is 0 Å². The van der Waals surface area contributed by atoms with Crippen LogP contribution in [0.25, 0.3) is 0 Å². The highest BCUT2D eigenvalue weighted by Gasteiger charge is 2.21. The predicted octanol–water partition coefficient (Wildman–Crippen LogP) is 3.69. The molecule has 2 nitrogen and oxygen atoms in total. The molecule has 1 unspecified atom stereocenters. The lowest BCUT2D eigenvalue weighted by atomic mass is 9.94. The van der Waals surface area contributed by atoms with E-state index in [4.69, 9.17) is 0 Å². The summed E-state index contributed by atoms with van der Waals surface area (Å²) in [5.41, 5.74) is 4.28. The summed E-state index contributed by atoms with van der Waals surface area (Å²) in [7, 11) is 0. The van der Waals surface area contributed by atoms with Gasteiger partial charge in [0.15, 0.2) is 0 Å². The van der Waals surface area contributed by atoms with Gasteiger partial charge < -0.3 is 5.32 Å². The molecule has 0 bridgehead atoms. The van der Waals surface area contributed by atoms with Crippen LogP contribution in [-0.2, 0) is 0 Å². The van der Waals surface area contributed by atoms with E-state index in [0.717, 1.165) is 12.5 Å². The first-order valence-electron chi connectivity index (χ1n) is 8.13. The number of nitrogens with one attached hydrogen (secondary N) is 1. The average molecular weight is 274 g/mol. The summed E-state index contributed by atoms with van der Waals surface area (Å²) in [5, 5.41) is 3.46. The maximum atomic E-state index is 3.46. The molecule has 0 spiro atoms. The van der Waals surface area contributed by atoms with Gasteiger partial charge in [-0.2, -0.15) is 0 Å². The van der Waals surface area contributed by atoms with Crippen LogP contribution in [0, 0.1) is 19.8 Å². The highest BCUT2D eigenvalue weighted by Crippen LogP contribution is 2.26. The van der Waals surface area contributed by atoms with Crippen molar-refractivity contribution in [3.8, 4) is 0 Å². The summed E-state index contributed by atoms with van der Waals surface area (Å²) in [6.07, 6.45) is 2.66. The molecule has 1 aliphatic rings. The summed E-state index contributed by atoms with van der Waals surface area (Å²) in [5.74, 6) is 0.865. The molecule has 0 amide bonds. The first-order valence-corrected chi connectivity index (χ1v) is 8.13. The fraction of sp³-hybridized carbons (Fsp3) is 0.667. The van der Waals surface area contributed by atoms with Crippen molar-refractivity contribution < 1.29 is 0 Å². The van der Waals surface area contributed by atoms with Crippen molar-refractivity contribution >= 4 is 0 Å². The Morgan fingerprint density at radius 2 is 1.95 bits per heavy atom. The van der Waals surface area contributed by atoms with Crippen molar-refractivity contribution in [2.45, 2.75) is 46.6 Å². The van der Waals surface area contributed by atoms with Crippen LogP contribution in [0.15, 0.2) is 18.2 Å².